The summed E-state index contributed by atoms with van der Waals surface area (Å²) in [7, 11) is 0. The van der Waals surface area contributed by atoms with Crippen molar-refractivity contribution in [3.05, 3.63) is 33.9 Å². The maximum absolute atomic E-state index is 12.8. The van der Waals surface area contributed by atoms with Crippen LogP contribution in [0.1, 0.15) is 26.3 Å². The quantitative estimate of drug-likeness (QED) is 0.563. The van der Waals surface area contributed by atoms with Gasteiger partial charge < -0.3 is 9.80 Å². The molecule has 0 N–H and O–H groups in total. The summed E-state index contributed by atoms with van der Waals surface area (Å²) in [5.74, 6) is 0.348. The number of carbonyl (C=O) groups excluding carboxylic acids is 1. The van der Waals surface area contributed by atoms with Gasteiger partial charge in [-0.15, -0.1) is 11.8 Å². The minimum absolute atomic E-state index is 0.00325. The molecule has 1 aromatic rings. The van der Waals surface area contributed by atoms with Gasteiger partial charge >= 0.3 is 6.18 Å². The molecule has 1 aliphatic heterocycles. The fourth-order valence-corrected chi connectivity index (χ4v) is 3.42. The number of thioether (sulfide) groups is 1. The average molecular weight is 405 g/mol. The van der Waals surface area contributed by atoms with Gasteiger partial charge in [-0.2, -0.15) is 13.2 Å². The largest absolute Gasteiger partial charge is 0.416 e. The van der Waals surface area contributed by atoms with Crippen LogP contribution in [0.25, 0.3) is 0 Å². The zero-order valence-electron chi connectivity index (χ0n) is 15.4. The Balaban J connectivity index is 2.07. The fourth-order valence-electron chi connectivity index (χ4n) is 2.68. The summed E-state index contributed by atoms with van der Waals surface area (Å²) < 4.78 is 38.4. The second-order valence-corrected chi connectivity index (χ2v) is 9.03. The molecular weight excluding hydrogens is 383 g/mol. The third-order valence-corrected chi connectivity index (χ3v) is 5.36. The number of nitro benzene ring substituents is 1. The van der Waals surface area contributed by atoms with E-state index in [1.54, 1.807) is 21.6 Å². The lowest BCUT2D eigenvalue weighted by Gasteiger charge is -2.36. The second kappa shape index (κ2) is 7.95. The van der Waals surface area contributed by atoms with Gasteiger partial charge in [-0.05, 0) is 12.1 Å². The molecule has 1 heterocycles. The van der Waals surface area contributed by atoms with Crippen molar-refractivity contribution in [3.63, 3.8) is 0 Å². The van der Waals surface area contributed by atoms with Gasteiger partial charge in [0.25, 0.3) is 5.69 Å². The zero-order valence-corrected chi connectivity index (χ0v) is 16.2. The Hall–Kier alpha value is -1.97. The number of nitrogens with zero attached hydrogens (tertiary/aromatic N) is 3. The van der Waals surface area contributed by atoms with Gasteiger partial charge in [-0.3, -0.25) is 14.9 Å². The third kappa shape index (κ3) is 5.75. The van der Waals surface area contributed by atoms with Crippen molar-refractivity contribution in [2.75, 3.05) is 36.8 Å². The second-order valence-electron chi connectivity index (χ2n) is 7.23. The normalized spacial score (nSPS) is 15.8. The van der Waals surface area contributed by atoms with E-state index in [-0.39, 0.29) is 16.3 Å². The molecule has 1 aliphatic rings. The first-order valence-corrected chi connectivity index (χ1v) is 9.39. The number of amides is 1. The van der Waals surface area contributed by atoms with Crippen LogP contribution in [0.15, 0.2) is 18.2 Å². The summed E-state index contributed by atoms with van der Waals surface area (Å²) >= 11 is 1.54. The first kappa shape index (κ1) is 21.3. The molecule has 0 unspecified atom stereocenters. The average Bonchev–Trinajstić information content (AvgIpc) is 2.58. The number of nitro groups is 1. The van der Waals surface area contributed by atoms with Crippen molar-refractivity contribution >= 4 is 29.0 Å². The molecule has 27 heavy (non-hydrogen) atoms. The predicted molar refractivity (Wildman–Crippen MR) is 99.1 cm³/mol. The van der Waals surface area contributed by atoms with E-state index in [1.807, 2.05) is 20.8 Å². The molecule has 6 nitrogen and oxygen atoms in total. The van der Waals surface area contributed by atoms with Crippen molar-refractivity contribution in [1.29, 1.82) is 0 Å². The summed E-state index contributed by atoms with van der Waals surface area (Å²) in [5, 5.41) is 11.2. The fraction of sp³-hybridized carbons (Fsp3) is 0.588. The maximum atomic E-state index is 12.8. The lowest BCUT2D eigenvalue weighted by atomic mass is 10.1. The number of halogens is 3. The van der Waals surface area contributed by atoms with Crippen LogP contribution in [0.4, 0.5) is 24.5 Å². The first-order valence-electron chi connectivity index (χ1n) is 8.41. The first-order chi connectivity index (χ1) is 12.4. The Labute approximate surface area is 159 Å². The standard InChI is InChI=1S/C17H22F3N3O3S/c1-16(2,3)27-11-15(24)22-8-6-21(7-9-22)13-5-4-12(17(18,19)20)10-14(13)23(25)26/h4-5,10H,6-9,11H2,1-3H3. The molecular formula is C17H22F3N3O3S. The molecule has 2 rings (SSSR count). The summed E-state index contributed by atoms with van der Waals surface area (Å²) in [4.78, 5) is 26.0. The van der Waals surface area contributed by atoms with Crippen LogP contribution in [0.2, 0.25) is 0 Å². The molecule has 1 amide bonds. The SMILES string of the molecule is CC(C)(C)SCC(=O)N1CCN(c2ccc(C(F)(F)F)cc2[N+](=O)[O-])CC1. The number of rotatable bonds is 4. The highest BCUT2D eigenvalue weighted by molar-refractivity contribution is 8.01. The van der Waals surface area contributed by atoms with Gasteiger partial charge in [-0.25, -0.2) is 0 Å². The monoisotopic (exact) mass is 405 g/mol. The highest BCUT2D eigenvalue weighted by Crippen LogP contribution is 2.36. The smallest absolute Gasteiger partial charge is 0.362 e. The molecule has 1 aromatic carbocycles. The molecule has 10 heteroatoms. The summed E-state index contributed by atoms with van der Waals surface area (Å²) in [5.41, 5.74) is -1.48. The third-order valence-electron chi connectivity index (χ3n) is 4.10. The number of anilines is 1. The number of piperazine rings is 1. The Morgan fingerprint density at radius 2 is 1.78 bits per heavy atom. The van der Waals surface area contributed by atoms with Crippen LogP contribution in [-0.4, -0.2) is 52.4 Å². The Kier molecular flexibility index (Phi) is 6.28. The molecule has 1 saturated heterocycles. The van der Waals surface area contributed by atoms with Crippen LogP contribution in [0, 0.1) is 10.1 Å². The zero-order chi connectivity index (χ0) is 20.4. The number of alkyl halides is 3. The van der Waals surface area contributed by atoms with E-state index in [2.05, 4.69) is 0 Å². The van der Waals surface area contributed by atoms with Crippen LogP contribution < -0.4 is 4.90 Å². The molecule has 0 saturated carbocycles. The Bertz CT molecular complexity index is 712. The van der Waals surface area contributed by atoms with Gasteiger partial charge in [0.15, 0.2) is 0 Å². The molecule has 0 bridgehead atoms. The molecule has 0 aromatic heterocycles. The van der Waals surface area contributed by atoms with Crippen LogP contribution in [-0.2, 0) is 11.0 Å². The van der Waals surface area contributed by atoms with Gasteiger partial charge in [0, 0.05) is 37.0 Å². The van der Waals surface area contributed by atoms with E-state index < -0.39 is 22.4 Å². The summed E-state index contributed by atoms with van der Waals surface area (Å²) in [6, 6.07) is 2.54. The van der Waals surface area contributed by atoms with E-state index >= 15 is 0 Å². The van der Waals surface area contributed by atoms with Crippen molar-refractivity contribution in [1.82, 2.24) is 4.90 Å². The Morgan fingerprint density at radius 1 is 1.19 bits per heavy atom. The summed E-state index contributed by atoms with van der Waals surface area (Å²) in [6.45, 7) is 7.48. The van der Waals surface area contributed by atoms with Gasteiger partial charge in [0.1, 0.15) is 5.69 Å². The van der Waals surface area contributed by atoms with Crippen LogP contribution in [0.3, 0.4) is 0 Å². The Morgan fingerprint density at radius 3 is 2.26 bits per heavy atom. The lowest BCUT2D eigenvalue weighted by molar-refractivity contribution is -0.384. The highest BCUT2D eigenvalue weighted by atomic mass is 32.2. The van der Waals surface area contributed by atoms with Crippen molar-refractivity contribution in [2.45, 2.75) is 31.7 Å². The number of hydrogen-bond acceptors (Lipinski definition) is 5. The van der Waals surface area contributed by atoms with E-state index in [4.69, 9.17) is 0 Å². The molecule has 0 aliphatic carbocycles. The van der Waals surface area contributed by atoms with Crippen molar-refractivity contribution in [2.24, 2.45) is 0 Å². The van der Waals surface area contributed by atoms with Crippen LogP contribution in [0.5, 0.6) is 0 Å². The van der Waals surface area contributed by atoms with Gasteiger partial charge in [0.2, 0.25) is 5.91 Å². The molecule has 0 atom stereocenters. The van der Waals surface area contributed by atoms with E-state index in [0.29, 0.717) is 38.0 Å². The van der Waals surface area contributed by atoms with E-state index in [0.717, 1.165) is 12.1 Å². The summed E-state index contributed by atoms with van der Waals surface area (Å²) in [6.07, 6.45) is -4.64. The molecule has 1 fully saturated rings. The van der Waals surface area contributed by atoms with Crippen LogP contribution >= 0.6 is 11.8 Å². The minimum Gasteiger partial charge on any atom is -0.362 e. The van der Waals surface area contributed by atoms with Crippen molar-refractivity contribution < 1.29 is 22.9 Å². The topological polar surface area (TPSA) is 66.7 Å². The van der Waals surface area contributed by atoms with Gasteiger partial charge in [-0.1, -0.05) is 20.8 Å². The maximum Gasteiger partial charge on any atom is 0.416 e. The number of hydrogen-bond donors (Lipinski definition) is 0. The minimum atomic E-state index is -4.64. The highest BCUT2D eigenvalue weighted by Gasteiger charge is 2.34. The van der Waals surface area contributed by atoms with Gasteiger partial charge in [0.05, 0.1) is 16.2 Å². The van der Waals surface area contributed by atoms with E-state index in [9.17, 15) is 28.1 Å². The molecule has 0 spiro atoms. The number of benzene rings is 1. The number of carbonyl (C=O) groups is 1. The molecule has 150 valence electrons. The van der Waals surface area contributed by atoms with Crippen molar-refractivity contribution in [3.8, 4) is 0 Å². The molecule has 0 radical (unpaired) electrons. The lowest BCUT2D eigenvalue weighted by Crippen LogP contribution is -2.49. The van der Waals surface area contributed by atoms with E-state index in [1.165, 1.54) is 0 Å². The predicted octanol–water partition coefficient (Wildman–Crippen LogP) is 3.79.